The highest BCUT2D eigenvalue weighted by Crippen LogP contribution is 2.31. The van der Waals surface area contributed by atoms with Gasteiger partial charge >= 0.3 is 0 Å². The Labute approximate surface area is 89.6 Å². The fraction of sp³-hybridized carbons (Fsp3) is 0.500. The maximum Gasteiger partial charge on any atom is 0.0605 e. The van der Waals surface area contributed by atoms with Gasteiger partial charge in [-0.25, -0.2) is 0 Å². The van der Waals surface area contributed by atoms with E-state index in [1.165, 1.54) is 41.0 Å². The van der Waals surface area contributed by atoms with E-state index >= 15 is 0 Å². The molecule has 0 aliphatic heterocycles. The molecule has 1 aromatic heterocycles. The van der Waals surface area contributed by atoms with E-state index in [9.17, 15) is 0 Å². The van der Waals surface area contributed by atoms with Gasteiger partial charge < -0.3 is 5.73 Å². The Morgan fingerprint density at radius 3 is 2.79 bits per heavy atom. The van der Waals surface area contributed by atoms with Gasteiger partial charge in [0.25, 0.3) is 0 Å². The van der Waals surface area contributed by atoms with E-state index in [1.54, 1.807) is 0 Å². The molecule has 0 saturated heterocycles. The number of aryl methyl sites for hydroxylation is 1. The predicted octanol–water partition coefficient (Wildman–Crippen LogP) is 3.56. The van der Waals surface area contributed by atoms with Crippen molar-refractivity contribution in [3.63, 3.8) is 0 Å². The van der Waals surface area contributed by atoms with Crippen LogP contribution < -0.4 is 5.73 Å². The highest BCUT2D eigenvalue weighted by molar-refractivity contribution is 7.12. The van der Waals surface area contributed by atoms with Crippen molar-refractivity contribution in [2.45, 2.75) is 38.6 Å². The van der Waals surface area contributed by atoms with Gasteiger partial charge in [-0.2, -0.15) is 0 Å². The van der Waals surface area contributed by atoms with Crippen LogP contribution >= 0.6 is 11.3 Å². The topological polar surface area (TPSA) is 26.0 Å². The van der Waals surface area contributed by atoms with Crippen molar-refractivity contribution in [1.82, 2.24) is 0 Å². The van der Waals surface area contributed by atoms with Crippen molar-refractivity contribution in [3.05, 3.63) is 33.5 Å². The lowest BCUT2D eigenvalue weighted by Gasteiger charge is -2.18. The third-order valence-electron chi connectivity index (χ3n) is 2.79. The van der Waals surface area contributed by atoms with Crippen molar-refractivity contribution >= 4 is 11.3 Å². The van der Waals surface area contributed by atoms with Crippen LogP contribution in [0.5, 0.6) is 0 Å². The summed E-state index contributed by atoms with van der Waals surface area (Å²) in [5.74, 6) is 0. The molecular formula is C12H17NS. The predicted molar refractivity (Wildman–Crippen MR) is 62.5 cm³/mol. The summed E-state index contributed by atoms with van der Waals surface area (Å²) >= 11 is 1.82. The number of nitrogens with two attached hydrogens (primary N) is 1. The monoisotopic (exact) mass is 207 g/mol. The number of allylic oxidation sites excluding steroid dienone is 1. The molecule has 14 heavy (non-hydrogen) atoms. The van der Waals surface area contributed by atoms with Gasteiger partial charge in [0.2, 0.25) is 0 Å². The summed E-state index contributed by atoms with van der Waals surface area (Å²) in [6.45, 7) is 2.14. The molecule has 0 bridgehead atoms. The van der Waals surface area contributed by atoms with Crippen molar-refractivity contribution < 1.29 is 0 Å². The Hall–Kier alpha value is -0.600. The number of thiophene rings is 1. The van der Waals surface area contributed by atoms with E-state index in [4.69, 9.17) is 5.73 Å². The van der Waals surface area contributed by atoms with Gasteiger partial charge in [-0.1, -0.05) is 11.6 Å². The fourth-order valence-electron chi connectivity index (χ4n) is 1.95. The normalized spacial score (nSPS) is 19.1. The molecule has 76 valence electrons. The van der Waals surface area contributed by atoms with Crippen molar-refractivity contribution in [2.75, 3.05) is 0 Å². The first-order valence-corrected chi connectivity index (χ1v) is 6.10. The van der Waals surface area contributed by atoms with Gasteiger partial charge in [0.1, 0.15) is 0 Å². The molecule has 0 saturated carbocycles. The summed E-state index contributed by atoms with van der Waals surface area (Å²) in [6, 6.07) is 4.48. The summed E-state index contributed by atoms with van der Waals surface area (Å²) in [7, 11) is 0. The van der Waals surface area contributed by atoms with Crippen LogP contribution in [0.4, 0.5) is 0 Å². The molecule has 2 heteroatoms. The molecule has 2 rings (SSSR count). The van der Waals surface area contributed by atoms with Crippen LogP contribution in [-0.2, 0) is 0 Å². The zero-order valence-electron chi connectivity index (χ0n) is 8.62. The molecule has 1 aliphatic carbocycles. The first-order chi connectivity index (χ1) is 6.77. The number of rotatable bonds is 2. The van der Waals surface area contributed by atoms with E-state index in [0.717, 1.165) is 0 Å². The van der Waals surface area contributed by atoms with Gasteiger partial charge in [0.05, 0.1) is 6.04 Å². The average molecular weight is 207 g/mol. The second kappa shape index (κ2) is 4.28. The van der Waals surface area contributed by atoms with Gasteiger partial charge in [-0.05, 0) is 44.7 Å². The minimum atomic E-state index is 0.161. The van der Waals surface area contributed by atoms with Gasteiger partial charge in [-0.3, -0.25) is 0 Å². The summed E-state index contributed by atoms with van der Waals surface area (Å²) in [6.07, 6.45) is 7.39. The molecule has 0 spiro atoms. The summed E-state index contributed by atoms with van der Waals surface area (Å²) in [5, 5.41) is 0. The van der Waals surface area contributed by atoms with Crippen molar-refractivity contribution in [2.24, 2.45) is 5.73 Å². The Bertz CT molecular complexity index is 338. The minimum absolute atomic E-state index is 0.161. The molecule has 1 aliphatic rings. The van der Waals surface area contributed by atoms with E-state index in [1.807, 2.05) is 11.3 Å². The van der Waals surface area contributed by atoms with Crippen LogP contribution in [0, 0.1) is 6.92 Å². The third kappa shape index (κ3) is 2.07. The average Bonchev–Trinajstić information content (AvgIpc) is 2.65. The van der Waals surface area contributed by atoms with E-state index in [0.29, 0.717) is 0 Å². The second-order valence-electron chi connectivity index (χ2n) is 3.95. The van der Waals surface area contributed by atoms with Gasteiger partial charge in [0.15, 0.2) is 0 Å². The third-order valence-corrected chi connectivity index (χ3v) is 3.88. The van der Waals surface area contributed by atoms with Crippen LogP contribution in [0.25, 0.3) is 0 Å². The van der Waals surface area contributed by atoms with Crippen LogP contribution in [0.1, 0.15) is 41.5 Å². The lowest BCUT2D eigenvalue weighted by Crippen LogP contribution is -2.13. The van der Waals surface area contributed by atoms with E-state index in [-0.39, 0.29) is 6.04 Å². The van der Waals surface area contributed by atoms with Gasteiger partial charge in [0, 0.05) is 9.75 Å². The molecule has 0 amide bonds. The lowest BCUT2D eigenvalue weighted by molar-refractivity contribution is 0.652. The van der Waals surface area contributed by atoms with Crippen LogP contribution in [0.2, 0.25) is 0 Å². The Kier molecular flexibility index (Phi) is 3.04. The molecule has 1 unspecified atom stereocenters. The molecule has 1 atom stereocenters. The number of hydrogen-bond acceptors (Lipinski definition) is 2. The molecular weight excluding hydrogens is 190 g/mol. The second-order valence-corrected chi connectivity index (χ2v) is 5.27. The molecule has 1 nitrogen and oxygen atoms in total. The highest BCUT2D eigenvalue weighted by Gasteiger charge is 2.15. The quantitative estimate of drug-likeness (QED) is 0.737. The van der Waals surface area contributed by atoms with Crippen LogP contribution in [0.3, 0.4) is 0 Å². The van der Waals surface area contributed by atoms with Crippen LogP contribution in [-0.4, -0.2) is 0 Å². The summed E-state index contributed by atoms with van der Waals surface area (Å²) in [5.41, 5.74) is 7.67. The maximum atomic E-state index is 6.23. The molecule has 2 N–H and O–H groups in total. The first kappa shape index (κ1) is 9.94. The molecule has 0 fully saturated rings. The molecule has 1 heterocycles. The summed E-state index contributed by atoms with van der Waals surface area (Å²) < 4.78 is 0. The summed E-state index contributed by atoms with van der Waals surface area (Å²) in [4.78, 5) is 2.67. The Morgan fingerprint density at radius 2 is 2.21 bits per heavy atom. The smallest absolute Gasteiger partial charge is 0.0605 e. The zero-order valence-corrected chi connectivity index (χ0v) is 9.44. The minimum Gasteiger partial charge on any atom is -0.320 e. The van der Waals surface area contributed by atoms with Crippen molar-refractivity contribution in [3.8, 4) is 0 Å². The Morgan fingerprint density at radius 1 is 1.36 bits per heavy atom. The first-order valence-electron chi connectivity index (χ1n) is 5.28. The molecule has 0 aromatic carbocycles. The SMILES string of the molecule is Cc1ccc(C(N)C2=CCCCC2)s1. The standard InChI is InChI=1S/C12H17NS/c1-9-7-8-11(14-9)12(13)10-5-3-2-4-6-10/h5,7-8,12H,2-4,6,13H2,1H3. The number of hydrogen-bond donors (Lipinski definition) is 1. The Balaban J connectivity index is 2.14. The largest absolute Gasteiger partial charge is 0.320 e. The van der Waals surface area contributed by atoms with Gasteiger partial charge in [-0.15, -0.1) is 11.3 Å². The molecule has 0 radical (unpaired) electrons. The van der Waals surface area contributed by atoms with E-state index in [2.05, 4.69) is 25.1 Å². The van der Waals surface area contributed by atoms with Crippen LogP contribution in [0.15, 0.2) is 23.8 Å². The highest BCUT2D eigenvalue weighted by atomic mass is 32.1. The zero-order chi connectivity index (χ0) is 9.97. The molecule has 1 aromatic rings. The maximum absolute atomic E-state index is 6.23. The lowest BCUT2D eigenvalue weighted by atomic mass is 9.94. The van der Waals surface area contributed by atoms with E-state index < -0.39 is 0 Å². The van der Waals surface area contributed by atoms with Crippen molar-refractivity contribution in [1.29, 1.82) is 0 Å². The fourth-order valence-corrected chi connectivity index (χ4v) is 2.87.